The summed E-state index contributed by atoms with van der Waals surface area (Å²) >= 11 is 2.05. The standard InChI is InChI=1S/C15H19N3S/c1-10-6-15(17-8-11-4-5-19-9-11)13-7-12(16)2-3-14(13)18-10/h2-3,6-7,11H,4-5,8-9,16H2,1H3,(H,17,18). The van der Waals surface area contributed by atoms with Gasteiger partial charge in [0.1, 0.15) is 0 Å². The molecule has 0 spiro atoms. The summed E-state index contributed by atoms with van der Waals surface area (Å²) in [7, 11) is 0. The third kappa shape index (κ3) is 2.78. The zero-order chi connectivity index (χ0) is 13.2. The molecule has 19 heavy (non-hydrogen) atoms. The molecule has 0 saturated carbocycles. The van der Waals surface area contributed by atoms with Crippen molar-refractivity contribution in [3.8, 4) is 0 Å². The molecule has 1 saturated heterocycles. The highest BCUT2D eigenvalue weighted by atomic mass is 32.2. The van der Waals surface area contributed by atoms with Crippen molar-refractivity contribution in [2.24, 2.45) is 5.92 Å². The van der Waals surface area contributed by atoms with E-state index in [-0.39, 0.29) is 0 Å². The minimum Gasteiger partial charge on any atom is -0.399 e. The van der Waals surface area contributed by atoms with Crippen molar-refractivity contribution in [1.29, 1.82) is 0 Å². The maximum Gasteiger partial charge on any atom is 0.0727 e. The number of nitrogen functional groups attached to an aromatic ring is 1. The summed E-state index contributed by atoms with van der Waals surface area (Å²) in [5, 5.41) is 4.71. The van der Waals surface area contributed by atoms with E-state index in [0.29, 0.717) is 0 Å². The molecule has 100 valence electrons. The average molecular weight is 273 g/mol. The highest BCUT2D eigenvalue weighted by molar-refractivity contribution is 7.99. The summed E-state index contributed by atoms with van der Waals surface area (Å²) in [5.41, 5.74) is 9.89. The Hall–Kier alpha value is -1.42. The lowest BCUT2D eigenvalue weighted by Crippen LogP contribution is -2.13. The van der Waals surface area contributed by atoms with Gasteiger partial charge in [0, 0.05) is 29.0 Å². The predicted octanol–water partition coefficient (Wildman–Crippen LogP) is 3.29. The summed E-state index contributed by atoms with van der Waals surface area (Å²) in [6, 6.07) is 8.03. The molecule has 2 aromatic rings. The summed E-state index contributed by atoms with van der Waals surface area (Å²) in [6.45, 7) is 3.08. The highest BCUT2D eigenvalue weighted by Gasteiger charge is 2.15. The molecule has 1 aliphatic heterocycles. The first kappa shape index (κ1) is 12.6. The number of thioether (sulfide) groups is 1. The molecule has 2 heterocycles. The van der Waals surface area contributed by atoms with Gasteiger partial charge in [0.2, 0.25) is 0 Å². The zero-order valence-electron chi connectivity index (χ0n) is 11.1. The van der Waals surface area contributed by atoms with Gasteiger partial charge < -0.3 is 11.1 Å². The number of aryl methyl sites for hydroxylation is 1. The maximum absolute atomic E-state index is 5.89. The lowest BCUT2D eigenvalue weighted by molar-refractivity contribution is 0.632. The van der Waals surface area contributed by atoms with Crippen molar-refractivity contribution >= 4 is 34.0 Å². The topological polar surface area (TPSA) is 50.9 Å². The van der Waals surface area contributed by atoms with E-state index in [1.807, 2.05) is 25.1 Å². The summed E-state index contributed by atoms with van der Waals surface area (Å²) in [6.07, 6.45) is 1.32. The molecule has 3 N–H and O–H groups in total. The first-order valence-electron chi connectivity index (χ1n) is 6.71. The Morgan fingerprint density at radius 2 is 2.32 bits per heavy atom. The van der Waals surface area contributed by atoms with Crippen LogP contribution < -0.4 is 11.1 Å². The maximum atomic E-state index is 5.89. The molecule has 0 bridgehead atoms. The molecule has 0 radical (unpaired) electrons. The van der Waals surface area contributed by atoms with Crippen molar-refractivity contribution in [2.75, 3.05) is 29.1 Å². The van der Waals surface area contributed by atoms with Crippen molar-refractivity contribution in [3.63, 3.8) is 0 Å². The molecule has 3 nitrogen and oxygen atoms in total. The Labute approximate surface area is 118 Å². The SMILES string of the molecule is Cc1cc(NCC2CCSC2)c2cc(N)ccc2n1. The first-order chi connectivity index (χ1) is 9.22. The Morgan fingerprint density at radius 3 is 3.11 bits per heavy atom. The second kappa shape index (κ2) is 5.29. The van der Waals surface area contributed by atoms with Crippen molar-refractivity contribution in [1.82, 2.24) is 4.98 Å². The number of pyridine rings is 1. The van der Waals surface area contributed by atoms with Gasteiger partial charge in [0.05, 0.1) is 5.52 Å². The molecular weight excluding hydrogens is 254 g/mol. The van der Waals surface area contributed by atoms with Crippen LogP contribution in [-0.4, -0.2) is 23.0 Å². The van der Waals surface area contributed by atoms with Crippen LogP contribution in [0.5, 0.6) is 0 Å². The van der Waals surface area contributed by atoms with E-state index in [1.165, 1.54) is 17.9 Å². The Morgan fingerprint density at radius 1 is 1.42 bits per heavy atom. The highest BCUT2D eigenvalue weighted by Crippen LogP contribution is 2.27. The van der Waals surface area contributed by atoms with Gasteiger partial charge in [-0.05, 0) is 55.0 Å². The van der Waals surface area contributed by atoms with Gasteiger partial charge in [-0.3, -0.25) is 4.98 Å². The van der Waals surface area contributed by atoms with Crippen LogP contribution >= 0.6 is 11.8 Å². The van der Waals surface area contributed by atoms with E-state index in [2.05, 4.69) is 28.1 Å². The molecule has 0 aliphatic carbocycles. The molecular formula is C15H19N3S. The van der Waals surface area contributed by atoms with Crippen molar-refractivity contribution in [2.45, 2.75) is 13.3 Å². The predicted molar refractivity (Wildman–Crippen MR) is 84.8 cm³/mol. The number of nitrogens with one attached hydrogen (secondary N) is 1. The molecule has 1 aliphatic rings. The van der Waals surface area contributed by atoms with E-state index in [9.17, 15) is 0 Å². The number of nitrogens with zero attached hydrogens (tertiary/aromatic N) is 1. The number of anilines is 2. The van der Waals surface area contributed by atoms with Gasteiger partial charge in [-0.1, -0.05) is 0 Å². The van der Waals surface area contributed by atoms with Crippen LogP contribution in [0.15, 0.2) is 24.3 Å². The Bertz CT molecular complexity index is 591. The van der Waals surface area contributed by atoms with Crippen LogP contribution in [0.25, 0.3) is 10.9 Å². The lowest BCUT2D eigenvalue weighted by atomic mass is 10.1. The number of aromatic nitrogens is 1. The average Bonchev–Trinajstić information content (AvgIpc) is 2.89. The van der Waals surface area contributed by atoms with E-state index < -0.39 is 0 Å². The number of hydrogen-bond donors (Lipinski definition) is 2. The van der Waals surface area contributed by atoms with Gasteiger partial charge >= 0.3 is 0 Å². The fraction of sp³-hybridized carbons (Fsp3) is 0.400. The van der Waals surface area contributed by atoms with Crippen molar-refractivity contribution in [3.05, 3.63) is 30.0 Å². The number of nitrogens with two attached hydrogens (primary N) is 1. The molecule has 1 atom stereocenters. The molecule has 1 unspecified atom stereocenters. The molecule has 1 aromatic carbocycles. The number of benzene rings is 1. The van der Waals surface area contributed by atoms with Gasteiger partial charge in [-0.25, -0.2) is 0 Å². The van der Waals surface area contributed by atoms with E-state index in [0.717, 1.165) is 40.4 Å². The van der Waals surface area contributed by atoms with Gasteiger partial charge in [-0.2, -0.15) is 11.8 Å². The second-order valence-corrected chi connectivity index (χ2v) is 6.35. The van der Waals surface area contributed by atoms with Crippen LogP contribution in [0.2, 0.25) is 0 Å². The van der Waals surface area contributed by atoms with Crippen LogP contribution in [0.1, 0.15) is 12.1 Å². The van der Waals surface area contributed by atoms with Crippen LogP contribution in [0, 0.1) is 12.8 Å². The number of rotatable bonds is 3. The summed E-state index contributed by atoms with van der Waals surface area (Å²) in [5.74, 6) is 3.36. The van der Waals surface area contributed by atoms with Crippen LogP contribution in [0.3, 0.4) is 0 Å². The van der Waals surface area contributed by atoms with E-state index >= 15 is 0 Å². The van der Waals surface area contributed by atoms with Crippen LogP contribution in [-0.2, 0) is 0 Å². The molecule has 1 fully saturated rings. The third-order valence-electron chi connectivity index (χ3n) is 3.57. The molecule has 0 amide bonds. The minimum absolute atomic E-state index is 0.787. The monoisotopic (exact) mass is 273 g/mol. The van der Waals surface area contributed by atoms with Gasteiger partial charge in [0.15, 0.2) is 0 Å². The Balaban J connectivity index is 1.89. The zero-order valence-corrected chi connectivity index (χ0v) is 12.0. The van der Waals surface area contributed by atoms with Crippen LogP contribution in [0.4, 0.5) is 11.4 Å². The molecule has 1 aromatic heterocycles. The smallest absolute Gasteiger partial charge is 0.0727 e. The number of fused-ring (bicyclic) bond motifs is 1. The molecule has 4 heteroatoms. The minimum atomic E-state index is 0.787. The first-order valence-corrected chi connectivity index (χ1v) is 7.86. The van der Waals surface area contributed by atoms with E-state index in [1.54, 1.807) is 0 Å². The van der Waals surface area contributed by atoms with Gasteiger partial charge in [0.25, 0.3) is 0 Å². The van der Waals surface area contributed by atoms with Crippen molar-refractivity contribution < 1.29 is 0 Å². The summed E-state index contributed by atoms with van der Waals surface area (Å²) < 4.78 is 0. The number of hydrogen-bond acceptors (Lipinski definition) is 4. The fourth-order valence-corrected chi connectivity index (χ4v) is 3.81. The lowest BCUT2D eigenvalue weighted by Gasteiger charge is -2.14. The largest absolute Gasteiger partial charge is 0.399 e. The molecule has 3 rings (SSSR count). The quantitative estimate of drug-likeness (QED) is 0.843. The third-order valence-corrected chi connectivity index (χ3v) is 4.80. The Kier molecular flexibility index (Phi) is 3.51. The fourth-order valence-electron chi connectivity index (χ4n) is 2.52. The van der Waals surface area contributed by atoms with E-state index in [4.69, 9.17) is 5.73 Å². The van der Waals surface area contributed by atoms with Gasteiger partial charge in [-0.15, -0.1) is 0 Å². The summed E-state index contributed by atoms with van der Waals surface area (Å²) in [4.78, 5) is 4.56. The normalized spacial score (nSPS) is 18.9. The second-order valence-electron chi connectivity index (χ2n) is 5.20.